The molecule has 1 aliphatic carbocycles. The third-order valence-electron chi connectivity index (χ3n) is 7.03. The molecule has 0 bridgehead atoms. The van der Waals surface area contributed by atoms with Gasteiger partial charge in [-0.15, -0.1) is 0 Å². The molecule has 9 heteroatoms. The monoisotopic (exact) mass is 504 g/mol. The fourth-order valence-corrected chi connectivity index (χ4v) is 4.92. The van der Waals surface area contributed by atoms with Crippen molar-refractivity contribution in [1.82, 2.24) is 15.5 Å². The van der Waals surface area contributed by atoms with Crippen molar-refractivity contribution < 1.29 is 24.3 Å². The van der Waals surface area contributed by atoms with Gasteiger partial charge in [-0.25, -0.2) is 0 Å². The summed E-state index contributed by atoms with van der Waals surface area (Å²) in [5.41, 5.74) is 3.95. The molecule has 194 valence electrons. The van der Waals surface area contributed by atoms with Crippen molar-refractivity contribution >= 4 is 40.5 Å². The number of Topliss-reactive ketones (excluding diaryl/α,β-unsaturated/α-hetero) is 1. The fourth-order valence-electron chi connectivity index (χ4n) is 4.92. The lowest BCUT2D eigenvalue weighted by Crippen LogP contribution is -2.39. The van der Waals surface area contributed by atoms with Crippen LogP contribution in [-0.4, -0.2) is 66.3 Å². The molecule has 2 aromatic rings. The number of carbonyl (C=O) groups excluding carboxylic acids is 3. The van der Waals surface area contributed by atoms with Gasteiger partial charge in [0.1, 0.15) is 6.54 Å². The molecule has 0 aromatic heterocycles. The second kappa shape index (κ2) is 11.0. The molecule has 2 aliphatic rings. The van der Waals surface area contributed by atoms with Gasteiger partial charge < -0.3 is 26.0 Å². The summed E-state index contributed by atoms with van der Waals surface area (Å²) in [6.07, 6.45) is 3.95. The summed E-state index contributed by atoms with van der Waals surface area (Å²) >= 11 is 0. The van der Waals surface area contributed by atoms with Crippen LogP contribution in [0.5, 0.6) is 0 Å². The van der Waals surface area contributed by atoms with Crippen molar-refractivity contribution in [2.75, 3.05) is 26.0 Å². The standard InChI is InChI=1S/C28H32N4O5/c1-16(33)19-8-13-23-22(14-19)25(28(37)31-23)26(30-20-9-11-21(12-10-20)32(2)3)17-4-6-18(7-5-17)27(36)29-15-24(34)35/h4-8,13-14,20-21,30H,9-12,15H2,1-3H3,(H,29,36)(H,31,37)(H,34,35). The summed E-state index contributed by atoms with van der Waals surface area (Å²) < 4.78 is 0. The van der Waals surface area contributed by atoms with E-state index in [-0.39, 0.29) is 17.7 Å². The van der Waals surface area contributed by atoms with Crippen LogP contribution >= 0.6 is 0 Å². The summed E-state index contributed by atoms with van der Waals surface area (Å²) in [7, 11) is 4.18. The van der Waals surface area contributed by atoms with Gasteiger partial charge in [0.2, 0.25) is 0 Å². The number of anilines is 1. The number of carbonyl (C=O) groups is 4. The Bertz CT molecular complexity index is 1260. The highest BCUT2D eigenvalue weighted by atomic mass is 16.4. The normalized spacial score (nSPS) is 20.2. The van der Waals surface area contributed by atoms with E-state index in [0.717, 1.165) is 31.2 Å². The molecule has 1 heterocycles. The minimum absolute atomic E-state index is 0.0882. The first kappa shape index (κ1) is 26.1. The third-order valence-corrected chi connectivity index (χ3v) is 7.03. The summed E-state index contributed by atoms with van der Waals surface area (Å²) in [4.78, 5) is 50.6. The number of hydrogen-bond acceptors (Lipinski definition) is 6. The molecule has 1 fully saturated rings. The van der Waals surface area contributed by atoms with E-state index in [0.29, 0.717) is 39.7 Å². The Hall–Kier alpha value is -3.98. The molecule has 0 spiro atoms. The van der Waals surface area contributed by atoms with Crippen LogP contribution in [0.2, 0.25) is 0 Å². The number of amides is 2. The molecule has 0 radical (unpaired) electrons. The Morgan fingerprint density at radius 3 is 2.19 bits per heavy atom. The Balaban J connectivity index is 1.72. The number of carboxylic acid groups (broad SMARTS) is 1. The number of nitrogens with one attached hydrogen (secondary N) is 3. The highest BCUT2D eigenvalue weighted by Gasteiger charge is 2.31. The first-order valence-corrected chi connectivity index (χ1v) is 12.4. The highest BCUT2D eigenvalue weighted by molar-refractivity contribution is 6.36. The summed E-state index contributed by atoms with van der Waals surface area (Å²) in [6.45, 7) is 1.02. The van der Waals surface area contributed by atoms with Crippen LogP contribution in [-0.2, 0) is 9.59 Å². The maximum absolute atomic E-state index is 13.2. The maximum atomic E-state index is 13.2. The van der Waals surface area contributed by atoms with E-state index in [4.69, 9.17) is 5.11 Å². The zero-order chi connectivity index (χ0) is 26.7. The number of benzene rings is 2. The minimum atomic E-state index is -1.12. The van der Waals surface area contributed by atoms with Gasteiger partial charge in [0.05, 0.1) is 11.3 Å². The number of nitrogens with zero attached hydrogens (tertiary/aromatic N) is 1. The molecule has 4 rings (SSSR count). The molecule has 4 N–H and O–H groups in total. The van der Waals surface area contributed by atoms with Crippen molar-refractivity contribution in [3.8, 4) is 0 Å². The van der Waals surface area contributed by atoms with Crippen molar-refractivity contribution in [1.29, 1.82) is 0 Å². The maximum Gasteiger partial charge on any atom is 0.322 e. The van der Waals surface area contributed by atoms with Gasteiger partial charge in [-0.05, 0) is 82.6 Å². The highest BCUT2D eigenvalue weighted by Crippen LogP contribution is 2.38. The lowest BCUT2D eigenvalue weighted by atomic mass is 9.89. The molecule has 2 aromatic carbocycles. The fraction of sp³-hybridized carbons (Fsp3) is 0.357. The predicted molar refractivity (Wildman–Crippen MR) is 141 cm³/mol. The van der Waals surface area contributed by atoms with Crippen molar-refractivity contribution in [2.45, 2.75) is 44.7 Å². The second-order valence-electron chi connectivity index (χ2n) is 9.79. The zero-order valence-corrected chi connectivity index (χ0v) is 21.3. The van der Waals surface area contributed by atoms with Gasteiger partial charge in [-0.3, -0.25) is 19.2 Å². The first-order valence-electron chi connectivity index (χ1n) is 12.4. The summed E-state index contributed by atoms with van der Waals surface area (Å²) in [5, 5.41) is 17.7. The van der Waals surface area contributed by atoms with Crippen LogP contribution in [0.4, 0.5) is 5.69 Å². The molecule has 2 amide bonds. The molecule has 0 saturated heterocycles. The van der Waals surface area contributed by atoms with Crippen molar-refractivity contribution in [3.05, 3.63) is 64.7 Å². The summed E-state index contributed by atoms with van der Waals surface area (Å²) in [5.74, 6) is -1.97. The second-order valence-corrected chi connectivity index (χ2v) is 9.79. The Labute approximate surface area is 215 Å². The van der Waals surface area contributed by atoms with Crippen LogP contribution in [0, 0.1) is 0 Å². The van der Waals surface area contributed by atoms with Crippen LogP contribution < -0.4 is 16.0 Å². The largest absolute Gasteiger partial charge is 0.480 e. The lowest BCUT2D eigenvalue weighted by molar-refractivity contribution is -0.135. The predicted octanol–water partition coefficient (Wildman–Crippen LogP) is 2.99. The molecular weight excluding hydrogens is 472 g/mol. The number of aliphatic carboxylic acids is 1. The Morgan fingerprint density at radius 2 is 1.59 bits per heavy atom. The topological polar surface area (TPSA) is 128 Å². The van der Waals surface area contributed by atoms with Crippen molar-refractivity contribution in [2.24, 2.45) is 0 Å². The van der Waals surface area contributed by atoms with Gasteiger partial charge in [0, 0.05) is 34.5 Å². The van der Waals surface area contributed by atoms with Gasteiger partial charge in [0.25, 0.3) is 11.8 Å². The molecule has 9 nitrogen and oxygen atoms in total. The number of carboxylic acids is 1. The molecule has 1 aliphatic heterocycles. The minimum Gasteiger partial charge on any atom is -0.480 e. The van der Waals surface area contributed by atoms with Crippen molar-refractivity contribution in [3.63, 3.8) is 0 Å². The van der Waals surface area contributed by atoms with E-state index in [1.54, 1.807) is 42.5 Å². The third kappa shape index (κ3) is 5.89. The first-order chi connectivity index (χ1) is 17.6. The van der Waals surface area contributed by atoms with E-state index < -0.39 is 18.4 Å². The van der Waals surface area contributed by atoms with E-state index in [9.17, 15) is 19.2 Å². The summed E-state index contributed by atoms with van der Waals surface area (Å²) in [6, 6.07) is 12.6. The molecular formula is C28H32N4O5. The van der Waals surface area contributed by atoms with Crippen LogP contribution in [0.3, 0.4) is 0 Å². The number of hydrogen-bond donors (Lipinski definition) is 4. The van der Waals surface area contributed by atoms with E-state index in [2.05, 4.69) is 34.9 Å². The van der Waals surface area contributed by atoms with Crippen LogP contribution in [0.15, 0.2) is 42.5 Å². The van der Waals surface area contributed by atoms with Crippen LogP contribution in [0.25, 0.3) is 11.3 Å². The molecule has 37 heavy (non-hydrogen) atoms. The smallest absolute Gasteiger partial charge is 0.322 e. The number of fused-ring (bicyclic) bond motifs is 1. The SMILES string of the molecule is CC(=O)c1ccc2c(c1)C(=C(NC1CCC(N(C)C)CC1)c1ccc(C(=O)NCC(=O)O)cc1)C(=O)N2. The van der Waals surface area contributed by atoms with Gasteiger partial charge in [0.15, 0.2) is 5.78 Å². The zero-order valence-electron chi connectivity index (χ0n) is 21.3. The average Bonchev–Trinajstić information content (AvgIpc) is 3.20. The average molecular weight is 505 g/mol. The van der Waals surface area contributed by atoms with Gasteiger partial charge in [-0.1, -0.05) is 12.1 Å². The Kier molecular flexibility index (Phi) is 7.73. The van der Waals surface area contributed by atoms with E-state index in [1.165, 1.54) is 6.92 Å². The van der Waals surface area contributed by atoms with Gasteiger partial charge in [-0.2, -0.15) is 0 Å². The molecule has 1 saturated carbocycles. The quantitative estimate of drug-likeness (QED) is 0.321. The molecule has 0 unspecified atom stereocenters. The molecule has 0 atom stereocenters. The van der Waals surface area contributed by atoms with E-state index in [1.807, 2.05) is 0 Å². The van der Waals surface area contributed by atoms with Gasteiger partial charge >= 0.3 is 5.97 Å². The number of rotatable bonds is 8. The Morgan fingerprint density at radius 1 is 0.973 bits per heavy atom. The van der Waals surface area contributed by atoms with E-state index >= 15 is 0 Å². The number of ketones is 1. The lowest BCUT2D eigenvalue weighted by Gasteiger charge is -2.34. The van der Waals surface area contributed by atoms with Crippen LogP contribution in [0.1, 0.15) is 64.4 Å².